The highest BCUT2D eigenvalue weighted by molar-refractivity contribution is 5.31. The number of nitrogens with two attached hydrogens (primary N) is 1. The van der Waals surface area contributed by atoms with Crippen LogP contribution in [0.1, 0.15) is 40.9 Å². The van der Waals surface area contributed by atoms with Crippen molar-refractivity contribution in [3.8, 4) is 0 Å². The molecule has 0 saturated heterocycles. The summed E-state index contributed by atoms with van der Waals surface area (Å²) in [6, 6.07) is 15.1. The third kappa shape index (κ3) is 2.54. The van der Waals surface area contributed by atoms with Gasteiger partial charge in [-0.2, -0.15) is 0 Å². The molecular formula is C17H20N2. The summed E-state index contributed by atoms with van der Waals surface area (Å²) in [7, 11) is 0. The first-order valence-electron chi connectivity index (χ1n) is 6.91. The highest BCUT2D eigenvalue weighted by atomic mass is 14.7. The van der Waals surface area contributed by atoms with Gasteiger partial charge in [-0.25, -0.2) is 0 Å². The first-order chi connectivity index (χ1) is 9.15. The molecule has 0 amide bonds. The number of benzene rings is 1. The minimum Gasteiger partial charge on any atom is -0.324 e. The van der Waals surface area contributed by atoms with E-state index in [2.05, 4.69) is 47.4 Å². The standard InChI is InChI=1S/C17H20N2/c1-11-8-14(9-12(2)19-11)17(18)16-10-15(16)13-6-4-3-5-7-13/h3-9,15-17H,10,18H2,1-2H3. The average Bonchev–Trinajstić information content (AvgIpc) is 3.18. The lowest BCUT2D eigenvalue weighted by Gasteiger charge is -2.13. The Balaban J connectivity index is 1.78. The lowest BCUT2D eigenvalue weighted by molar-refractivity contribution is 0.613. The monoisotopic (exact) mass is 252 g/mol. The molecule has 3 atom stereocenters. The third-order valence-corrected chi connectivity index (χ3v) is 4.02. The van der Waals surface area contributed by atoms with Gasteiger partial charge in [-0.15, -0.1) is 0 Å². The number of aromatic nitrogens is 1. The molecule has 19 heavy (non-hydrogen) atoms. The SMILES string of the molecule is Cc1cc(C(N)C2CC2c2ccccc2)cc(C)n1. The molecule has 2 nitrogen and oxygen atoms in total. The summed E-state index contributed by atoms with van der Waals surface area (Å²) in [6.07, 6.45) is 1.20. The van der Waals surface area contributed by atoms with E-state index in [1.165, 1.54) is 17.5 Å². The Morgan fingerprint density at radius 2 is 1.74 bits per heavy atom. The predicted octanol–water partition coefficient (Wildman–Crippen LogP) is 3.50. The van der Waals surface area contributed by atoms with Crippen LogP contribution in [0.25, 0.3) is 0 Å². The van der Waals surface area contributed by atoms with Crippen LogP contribution in [0, 0.1) is 19.8 Å². The van der Waals surface area contributed by atoms with Crippen LogP contribution in [0.4, 0.5) is 0 Å². The molecule has 1 fully saturated rings. The van der Waals surface area contributed by atoms with Crippen LogP contribution < -0.4 is 5.73 Å². The highest BCUT2D eigenvalue weighted by Gasteiger charge is 2.42. The van der Waals surface area contributed by atoms with E-state index in [9.17, 15) is 0 Å². The maximum absolute atomic E-state index is 6.44. The number of rotatable bonds is 3. The van der Waals surface area contributed by atoms with Crippen molar-refractivity contribution in [1.29, 1.82) is 0 Å². The zero-order valence-electron chi connectivity index (χ0n) is 11.5. The summed E-state index contributed by atoms with van der Waals surface area (Å²) < 4.78 is 0. The van der Waals surface area contributed by atoms with Gasteiger partial charge in [0, 0.05) is 17.4 Å². The molecule has 0 aliphatic heterocycles. The topological polar surface area (TPSA) is 38.9 Å². The van der Waals surface area contributed by atoms with Crippen LogP contribution >= 0.6 is 0 Å². The van der Waals surface area contributed by atoms with Gasteiger partial charge < -0.3 is 5.73 Å². The molecule has 0 spiro atoms. The molecule has 1 aliphatic carbocycles. The van der Waals surface area contributed by atoms with E-state index in [0.29, 0.717) is 11.8 Å². The zero-order valence-corrected chi connectivity index (χ0v) is 11.5. The molecule has 1 aromatic heterocycles. The smallest absolute Gasteiger partial charge is 0.0379 e. The molecule has 1 aromatic carbocycles. The first-order valence-corrected chi connectivity index (χ1v) is 6.91. The second-order valence-corrected chi connectivity index (χ2v) is 5.63. The Kier molecular flexibility index (Phi) is 3.11. The molecule has 3 rings (SSSR count). The molecule has 1 heterocycles. The van der Waals surface area contributed by atoms with Crippen molar-refractivity contribution in [3.05, 3.63) is 65.0 Å². The maximum atomic E-state index is 6.44. The van der Waals surface area contributed by atoms with Gasteiger partial charge in [-0.1, -0.05) is 30.3 Å². The summed E-state index contributed by atoms with van der Waals surface area (Å²) in [5.41, 5.74) is 11.2. The van der Waals surface area contributed by atoms with E-state index in [-0.39, 0.29) is 6.04 Å². The second-order valence-electron chi connectivity index (χ2n) is 5.63. The molecule has 1 saturated carbocycles. The molecule has 0 bridgehead atoms. The van der Waals surface area contributed by atoms with E-state index in [1.807, 2.05) is 13.8 Å². The summed E-state index contributed by atoms with van der Waals surface area (Å²) >= 11 is 0. The second kappa shape index (κ2) is 4.78. The Bertz CT molecular complexity index is 557. The fourth-order valence-corrected chi connectivity index (χ4v) is 3.00. The fraction of sp³-hybridized carbons (Fsp3) is 0.353. The molecule has 2 aromatic rings. The van der Waals surface area contributed by atoms with Crippen molar-refractivity contribution < 1.29 is 0 Å². The van der Waals surface area contributed by atoms with Gasteiger partial charge in [-0.05, 0) is 55.4 Å². The normalized spacial score (nSPS) is 23.1. The number of hydrogen-bond acceptors (Lipinski definition) is 2. The van der Waals surface area contributed by atoms with Gasteiger partial charge in [0.2, 0.25) is 0 Å². The molecule has 1 aliphatic rings. The van der Waals surface area contributed by atoms with E-state index >= 15 is 0 Å². The zero-order chi connectivity index (χ0) is 13.4. The molecule has 2 N–H and O–H groups in total. The minimum atomic E-state index is 0.130. The fourth-order valence-electron chi connectivity index (χ4n) is 3.00. The van der Waals surface area contributed by atoms with Crippen LogP contribution in [0.5, 0.6) is 0 Å². The molecule has 2 heteroatoms. The van der Waals surface area contributed by atoms with Crippen molar-refractivity contribution in [1.82, 2.24) is 4.98 Å². The minimum absolute atomic E-state index is 0.130. The van der Waals surface area contributed by atoms with E-state index in [1.54, 1.807) is 0 Å². The van der Waals surface area contributed by atoms with Gasteiger partial charge >= 0.3 is 0 Å². The van der Waals surface area contributed by atoms with Gasteiger partial charge in [-0.3, -0.25) is 4.98 Å². The Morgan fingerprint density at radius 1 is 1.11 bits per heavy atom. The number of aryl methyl sites for hydroxylation is 2. The molecule has 0 radical (unpaired) electrons. The number of pyridine rings is 1. The average molecular weight is 252 g/mol. The summed E-state index contributed by atoms with van der Waals surface area (Å²) in [5.74, 6) is 1.20. The predicted molar refractivity (Wildman–Crippen MR) is 77.9 cm³/mol. The summed E-state index contributed by atoms with van der Waals surface area (Å²) in [6.45, 7) is 4.07. The van der Waals surface area contributed by atoms with Gasteiger partial charge in [0.1, 0.15) is 0 Å². The van der Waals surface area contributed by atoms with Crippen molar-refractivity contribution in [2.24, 2.45) is 11.7 Å². The maximum Gasteiger partial charge on any atom is 0.0379 e. The van der Waals surface area contributed by atoms with Crippen molar-refractivity contribution in [2.75, 3.05) is 0 Å². The van der Waals surface area contributed by atoms with Crippen LogP contribution in [0.3, 0.4) is 0 Å². The van der Waals surface area contributed by atoms with Crippen LogP contribution in [0.15, 0.2) is 42.5 Å². The third-order valence-electron chi connectivity index (χ3n) is 4.02. The van der Waals surface area contributed by atoms with E-state index < -0.39 is 0 Å². The van der Waals surface area contributed by atoms with Crippen molar-refractivity contribution in [3.63, 3.8) is 0 Å². The first kappa shape index (κ1) is 12.4. The lowest BCUT2D eigenvalue weighted by atomic mass is 9.99. The van der Waals surface area contributed by atoms with E-state index in [4.69, 9.17) is 5.73 Å². The largest absolute Gasteiger partial charge is 0.324 e. The van der Waals surface area contributed by atoms with Crippen LogP contribution in [-0.4, -0.2) is 4.98 Å². The number of hydrogen-bond donors (Lipinski definition) is 1. The summed E-state index contributed by atoms with van der Waals surface area (Å²) in [4.78, 5) is 4.42. The molecule has 3 unspecified atom stereocenters. The lowest BCUT2D eigenvalue weighted by Crippen LogP contribution is -2.14. The van der Waals surface area contributed by atoms with Crippen LogP contribution in [-0.2, 0) is 0 Å². The molecule has 98 valence electrons. The van der Waals surface area contributed by atoms with Gasteiger partial charge in [0.25, 0.3) is 0 Å². The Morgan fingerprint density at radius 3 is 2.37 bits per heavy atom. The van der Waals surface area contributed by atoms with Crippen molar-refractivity contribution >= 4 is 0 Å². The van der Waals surface area contributed by atoms with E-state index in [0.717, 1.165) is 11.4 Å². The Labute approximate surface area is 114 Å². The van der Waals surface area contributed by atoms with Crippen molar-refractivity contribution in [2.45, 2.75) is 32.2 Å². The Hall–Kier alpha value is -1.67. The number of nitrogens with zero attached hydrogens (tertiary/aromatic N) is 1. The quantitative estimate of drug-likeness (QED) is 0.908. The summed E-state index contributed by atoms with van der Waals surface area (Å²) in [5, 5.41) is 0. The van der Waals surface area contributed by atoms with Gasteiger partial charge in [0.05, 0.1) is 0 Å². The van der Waals surface area contributed by atoms with Crippen LogP contribution in [0.2, 0.25) is 0 Å². The van der Waals surface area contributed by atoms with Gasteiger partial charge in [0.15, 0.2) is 0 Å². The highest BCUT2D eigenvalue weighted by Crippen LogP contribution is 2.53. The molecular weight excluding hydrogens is 232 g/mol.